The summed E-state index contributed by atoms with van der Waals surface area (Å²) in [6, 6.07) is 7.76. The summed E-state index contributed by atoms with van der Waals surface area (Å²) >= 11 is 0. The number of aromatic nitrogens is 1. The summed E-state index contributed by atoms with van der Waals surface area (Å²) in [4.78, 5) is 23.4. The van der Waals surface area contributed by atoms with Crippen LogP contribution in [0.15, 0.2) is 42.7 Å². The zero-order valence-electron chi connectivity index (χ0n) is 18.6. The van der Waals surface area contributed by atoms with Gasteiger partial charge in [0.05, 0.1) is 25.4 Å². The standard InChI is InChI=1S/C23H27F3N4O3/c1-22(2)15-29(18-3-5-19(6-4-18)33-23(24,25)26)16-30(22)14-17-7-8-27-13-20(17)21(31)28-9-11-32-12-10-28/h3-8,13H,9-12,14-16H2,1-2H3. The lowest BCUT2D eigenvalue weighted by atomic mass is 10.0. The van der Waals surface area contributed by atoms with E-state index in [0.29, 0.717) is 51.6 Å². The van der Waals surface area contributed by atoms with Crippen LogP contribution in [0.4, 0.5) is 18.9 Å². The number of benzene rings is 1. The minimum Gasteiger partial charge on any atom is -0.406 e. The molecule has 10 heteroatoms. The normalized spacial score (nSPS) is 19.1. The van der Waals surface area contributed by atoms with Crippen molar-refractivity contribution >= 4 is 11.6 Å². The molecule has 2 aliphatic heterocycles. The van der Waals surface area contributed by atoms with Crippen molar-refractivity contribution in [3.05, 3.63) is 53.9 Å². The van der Waals surface area contributed by atoms with Gasteiger partial charge in [0.15, 0.2) is 0 Å². The maximum absolute atomic E-state index is 13.1. The summed E-state index contributed by atoms with van der Waals surface area (Å²) in [7, 11) is 0. The number of alkyl halides is 3. The van der Waals surface area contributed by atoms with Crippen molar-refractivity contribution in [1.29, 1.82) is 0 Å². The Balaban J connectivity index is 1.48. The molecular weight excluding hydrogens is 437 g/mol. The highest BCUT2D eigenvalue weighted by atomic mass is 19.4. The van der Waals surface area contributed by atoms with Gasteiger partial charge in [-0.1, -0.05) is 0 Å². The molecule has 0 N–H and O–H groups in total. The lowest BCUT2D eigenvalue weighted by Gasteiger charge is -2.31. The molecule has 0 spiro atoms. The number of halogens is 3. The van der Waals surface area contributed by atoms with E-state index in [1.807, 2.05) is 6.07 Å². The first-order valence-corrected chi connectivity index (χ1v) is 10.8. The van der Waals surface area contributed by atoms with E-state index in [1.54, 1.807) is 29.4 Å². The van der Waals surface area contributed by atoms with Crippen LogP contribution in [0.25, 0.3) is 0 Å². The summed E-state index contributed by atoms with van der Waals surface area (Å²) in [5.41, 5.74) is 2.07. The summed E-state index contributed by atoms with van der Waals surface area (Å²) in [5, 5.41) is 0. The number of hydrogen-bond acceptors (Lipinski definition) is 6. The maximum Gasteiger partial charge on any atom is 0.573 e. The molecule has 2 saturated heterocycles. The summed E-state index contributed by atoms with van der Waals surface area (Å²) in [5.74, 6) is -0.292. The Morgan fingerprint density at radius 2 is 1.85 bits per heavy atom. The molecule has 0 radical (unpaired) electrons. The Morgan fingerprint density at radius 1 is 1.15 bits per heavy atom. The first kappa shape index (κ1) is 23.3. The minimum atomic E-state index is -4.71. The highest BCUT2D eigenvalue weighted by Gasteiger charge is 2.38. The van der Waals surface area contributed by atoms with Crippen molar-refractivity contribution in [2.24, 2.45) is 0 Å². The van der Waals surface area contributed by atoms with Gasteiger partial charge in [-0.05, 0) is 49.7 Å². The second-order valence-corrected chi connectivity index (χ2v) is 8.83. The quantitative estimate of drug-likeness (QED) is 0.675. The fourth-order valence-electron chi connectivity index (χ4n) is 4.21. The van der Waals surface area contributed by atoms with E-state index < -0.39 is 6.36 Å². The van der Waals surface area contributed by atoms with Gasteiger partial charge in [-0.3, -0.25) is 14.7 Å². The molecule has 0 atom stereocenters. The van der Waals surface area contributed by atoms with Gasteiger partial charge in [0.1, 0.15) is 5.75 Å². The Morgan fingerprint density at radius 3 is 2.52 bits per heavy atom. The zero-order chi connectivity index (χ0) is 23.6. The molecule has 0 saturated carbocycles. The van der Waals surface area contributed by atoms with E-state index in [-0.39, 0.29) is 17.2 Å². The van der Waals surface area contributed by atoms with Crippen molar-refractivity contribution in [3.8, 4) is 5.75 Å². The van der Waals surface area contributed by atoms with Gasteiger partial charge in [0.2, 0.25) is 0 Å². The van der Waals surface area contributed by atoms with Gasteiger partial charge in [-0.2, -0.15) is 0 Å². The van der Waals surface area contributed by atoms with Gasteiger partial charge < -0.3 is 19.3 Å². The van der Waals surface area contributed by atoms with Crippen LogP contribution in [0.5, 0.6) is 5.75 Å². The lowest BCUT2D eigenvalue weighted by molar-refractivity contribution is -0.274. The van der Waals surface area contributed by atoms with E-state index in [9.17, 15) is 18.0 Å². The van der Waals surface area contributed by atoms with Crippen LogP contribution in [0.1, 0.15) is 29.8 Å². The molecule has 178 valence electrons. The Hall–Kier alpha value is -2.85. The number of pyridine rings is 1. The number of anilines is 1. The molecule has 7 nitrogen and oxygen atoms in total. The van der Waals surface area contributed by atoms with Crippen LogP contribution in [-0.4, -0.2) is 72.1 Å². The van der Waals surface area contributed by atoms with Gasteiger partial charge in [0.25, 0.3) is 5.91 Å². The van der Waals surface area contributed by atoms with Gasteiger partial charge in [-0.25, -0.2) is 0 Å². The summed E-state index contributed by atoms with van der Waals surface area (Å²) < 4.78 is 46.6. The number of morpholine rings is 1. The van der Waals surface area contributed by atoms with E-state index in [0.717, 1.165) is 11.3 Å². The van der Waals surface area contributed by atoms with Crippen molar-refractivity contribution in [2.45, 2.75) is 32.3 Å². The average Bonchev–Trinajstić information content (AvgIpc) is 3.07. The number of carbonyl (C=O) groups is 1. The molecule has 4 rings (SSSR count). The molecule has 33 heavy (non-hydrogen) atoms. The number of nitrogens with zero attached hydrogens (tertiary/aromatic N) is 4. The third kappa shape index (κ3) is 5.56. The number of hydrogen-bond donors (Lipinski definition) is 0. The van der Waals surface area contributed by atoms with E-state index in [1.165, 1.54) is 12.1 Å². The second-order valence-electron chi connectivity index (χ2n) is 8.83. The third-order valence-electron chi connectivity index (χ3n) is 6.01. The molecular formula is C23H27F3N4O3. The first-order valence-electron chi connectivity index (χ1n) is 10.8. The van der Waals surface area contributed by atoms with Crippen LogP contribution in [0.2, 0.25) is 0 Å². The Kier molecular flexibility index (Phi) is 6.49. The predicted molar refractivity (Wildman–Crippen MR) is 116 cm³/mol. The molecule has 2 aliphatic rings. The molecule has 3 heterocycles. The van der Waals surface area contributed by atoms with Crippen molar-refractivity contribution in [1.82, 2.24) is 14.8 Å². The highest BCUT2D eigenvalue weighted by Crippen LogP contribution is 2.32. The van der Waals surface area contributed by atoms with Crippen molar-refractivity contribution < 1.29 is 27.4 Å². The molecule has 0 unspecified atom stereocenters. The number of ether oxygens (including phenoxy) is 2. The van der Waals surface area contributed by atoms with Crippen LogP contribution in [0.3, 0.4) is 0 Å². The van der Waals surface area contributed by atoms with E-state index in [4.69, 9.17) is 4.74 Å². The van der Waals surface area contributed by atoms with Gasteiger partial charge >= 0.3 is 6.36 Å². The fourth-order valence-corrected chi connectivity index (χ4v) is 4.21. The van der Waals surface area contributed by atoms with Crippen LogP contribution in [0, 0.1) is 0 Å². The van der Waals surface area contributed by atoms with Crippen molar-refractivity contribution in [2.75, 3.05) is 44.4 Å². The molecule has 2 aromatic rings. The highest BCUT2D eigenvalue weighted by molar-refractivity contribution is 5.95. The third-order valence-corrected chi connectivity index (χ3v) is 6.01. The fraction of sp³-hybridized carbons (Fsp3) is 0.478. The summed E-state index contributed by atoms with van der Waals surface area (Å²) in [6.45, 7) is 8.20. The topological polar surface area (TPSA) is 58.1 Å². The van der Waals surface area contributed by atoms with Gasteiger partial charge in [0, 0.05) is 49.8 Å². The predicted octanol–water partition coefficient (Wildman–Crippen LogP) is 3.51. The van der Waals surface area contributed by atoms with E-state index in [2.05, 4.69) is 33.4 Å². The average molecular weight is 464 g/mol. The van der Waals surface area contributed by atoms with Crippen molar-refractivity contribution in [3.63, 3.8) is 0 Å². The largest absolute Gasteiger partial charge is 0.573 e. The van der Waals surface area contributed by atoms with Crippen LogP contribution in [-0.2, 0) is 11.3 Å². The number of amides is 1. The van der Waals surface area contributed by atoms with Gasteiger partial charge in [-0.15, -0.1) is 13.2 Å². The number of carbonyl (C=O) groups excluding carboxylic acids is 1. The molecule has 1 aromatic carbocycles. The monoisotopic (exact) mass is 464 g/mol. The summed E-state index contributed by atoms with van der Waals surface area (Å²) in [6.07, 6.45) is -1.41. The molecule has 0 bridgehead atoms. The smallest absolute Gasteiger partial charge is 0.406 e. The molecule has 0 aliphatic carbocycles. The first-order chi connectivity index (χ1) is 15.6. The van der Waals surface area contributed by atoms with Crippen LogP contribution >= 0.6 is 0 Å². The molecule has 1 aromatic heterocycles. The Bertz CT molecular complexity index is 976. The van der Waals surface area contributed by atoms with E-state index >= 15 is 0 Å². The Labute approximate surface area is 190 Å². The van der Waals surface area contributed by atoms with Crippen LogP contribution < -0.4 is 9.64 Å². The lowest BCUT2D eigenvalue weighted by Crippen LogP contribution is -2.42. The maximum atomic E-state index is 13.1. The minimum absolute atomic E-state index is 0.0458. The zero-order valence-corrected chi connectivity index (χ0v) is 18.6. The number of rotatable bonds is 5. The molecule has 2 fully saturated rings. The SMILES string of the molecule is CC1(C)CN(c2ccc(OC(F)(F)F)cc2)CN1Cc1ccncc1C(=O)N1CCOCC1. The second kappa shape index (κ2) is 9.18. The molecule has 1 amide bonds.